The van der Waals surface area contributed by atoms with E-state index in [2.05, 4.69) is 0 Å². The zero-order valence-electron chi connectivity index (χ0n) is 14.7. The number of hydrogen-bond acceptors (Lipinski definition) is 7. The number of rotatable bonds is 3. The number of ether oxygens (including phenoxy) is 2. The minimum absolute atomic E-state index is 0.171. The van der Waals surface area contributed by atoms with Crippen LogP contribution >= 0.6 is 0 Å². The standard InChI is InChI=1S/C18H19NO7/c1-18(2,3)25-16(22)12-8-9-13(24-12)17(23)26-19-14(20)10-6-4-5-7-11(10)15(19)21/h4-7,12-13H,8-9H2,1-3H3/t12-,13+/m0/s1. The molecule has 2 heterocycles. The molecular formula is C18H19NO7. The molecule has 2 amide bonds. The first-order chi connectivity index (χ1) is 12.2. The second-order valence-corrected chi connectivity index (χ2v) is 7.08. The molecule has 0 bridgehead atoms. The van der Waals surface area contributed by atoms with Gasteiger partial charge in [-0.1, -0.05) is 17.2 Å². The molecule has 0 radical (unpaired) electrons. The van der Waals surface area contributed by atoms with Gasteiger partial charge in [-0.25, -0.2) is 9.59 Å². The molecule has 1 aromatic carbocycles. The molecule has 26 heavy (non-hydrogen) atoms. The maximum atomic E-state index is 12.3. The Morgan fingerprint density at radius 1 is 1.00 bits per heavy atom. The average Bonchev–Trinajstić information content (AvgIpc) is 3.14. The van der Waals surface area contributed by atoms with Gasteiger partial charge in [0.15, 0.2) is 12.2 Å². The summed E-state index contributed by atoms with van der Waals surface area (Å²) in [6.45, 7) is 5.19. The van der Waals surface area contributed by atoms with E-state index in [1.807, 2.05) is 0 Å². The summed E-state index contributed by atoms with van der Waals surface area (Å²) in [5.41, 5.74) is -0.326. The number of hydrogen-bond donors (Lipinski definition) is 0. The van der Waals surface area contributed by atoms with Crippen LogP contribution in [0.3, 0.4) is 0 Å². The molecule has 2 aliphatic rings. The van der Waals surface area contributed by atoms with Gasteiger partial charge in [-0.05, 0) is 45.7 Å². The van der Waals surface area contributed by atoms with E-state index in [9.17, 15) is 19.2 Å². The van der Waals surface area contributed by atoms with E-state index in [4.69, 9.17) is 14.3 Å². The lowest BCUT2D eigenvalue weighted by Crippen LogP contribution is -2.38. The summed E-state index contributed by atoms with van der Waals surface area (Å²) >= 11 is 0. The highest BCUT2D eigenvalue weighted by Gasteiger charge is 2.43. The van der Waals surface area contributed by atoms with Crippen molar-refractivity contribution in [1.29, 1.82) is 0 Å². The molecule has 8 heteroatoms. The number of fused-ring (bicyclic) bond motifs is 1. The van der Waals surface area contributed by atoms with Gasteiger partial charge >= 0.3 is 11.9 Å². The lowest BCUT2D eigenvalue weighted by molar-refractivity contribution is -0.185. The van der Waals surface area contributed by atoms with Crippen LogP contribution in [0.4, 0.5) is 0 Å². The lowest BCUT2D eigenvalue weighted by Gasteiger charge is -2.22. The van der Waals surface area contributed by atoms with Crippen LogP contribution in [-0.4, -0.2) is 46.6 Å². The summed E-state index contributed by atoms with van der Waals surface area (Å²) in [7, 11) is 0. The van der Waals surface area contributed by atoms with Gasteiger partial charge in [0.05, 0.1) is 11.1 Å². The van der Waals surface area contributed by atoms with Crippen molar-refractivity contribution in [1.82, 2.24) is 5.06 Å². The van der Waals surface area contributed by atoms with Gasteiger partial charge in [-0.2, -0.15) is 0 Å². The third-order valence-electron chi connectivity index (χ3n) is 3.89. The first kappa shape index (κ1) is 18.1. The SMILES string of the molecule is CC(C)(C)OC(=O)[C@@H]1CC[C@H](C(=O)ON2C(=O)c3ccccc3C2=O)O1. The summed E-state index contributed by atoms with van der Waals surface area (Å²) in [4.78, 5) is 53.6. The van der Waals surface area contributed by atoms with E-state index in [0.29, 0.717) is 5.06 Å². The molecule has 1 aromatic rings. The zero-order chi connectivity index (χ0) is 19.1. The summed E-state index contributed by atoms with van der Waals surface area (Å²) in [5.74, 6) is -2.87. The van der Waals surface area contributed by atoms with Crippen molar-refractivity contribution in [3.8, 4) is 0 Å². The maximum absolute atomic E-state index is 12.3. The van der Waals surface area contributed by atoms with Crippen molar-refractivity contribution in [3.63, 3.8) is 0 Å². The quantitative estimate of drug-likeness (QED) is 0.596. The summed E-state index contributed by atoms with van der Waals surface area (Å²) in [5, 5.41) is 0.428. The van der Waals surface area contributed by atoms with Gasteiger partial charge in [0.1, 0.15) is 5.60 Å². The van der Waals surface area contributed by atoms with E-state index in [-0.39, 0.29) is 24.0 Å². The van der Waals surface area contributed by atoms with Crippen molar-refractivity contribution in [2.45, 2.75) is 51.4 Å². The maximum Gasteiger partial charge on any atom is 0.361 e. The predicted octanol–water partition coefficient (Wildman–Crippen LogP) is 1.63. The van der Waals surface area contributed by atoms with Crippen LogP contribution in [0.15, 0.2) is 24.3 Å². The zero-order valence-corrected chi connectivity index (χ0v) is 14.7. The Morgan fingerprint density at radius 2 is 1.50 bits per heavy atom. The molecular weight excluding hydrogens is 342 g/mol. The van der Waals surface area contributed by atoms with E-state index >= 15 is 0 Å². The largest absolute Gasteiger partial charge is 0.458 e. The second kappa shape index (κ2) is 6.53. The smallest absolute Gasteiger partial charge is 0.361 e. The Labute approximate surface area is 149 Å². The number of hydroxylamine groups is 2. The number of nitrogens with zero attached hydrogens (tertiary/aromatic N) is 1. The van der Waals surface area contributed by atoms with Gasteiger partial charge in [0.2, 0.25) is 0 Å². The Balaban J connectivity index is 1.61. The van der Waals surface area contributed by atoms with E-state index < -0.39 is 41.6 Å². The Hall–Kier alpha value is -2.74. The van der Waals surface area contributed by atoms with Crippen LogP contribution in [0.25, 0.3) is 0 Å². The van der Waals surface area contributed by atoms with Gasteiger partial charge in [0, 0.05) is 0 Å². The molecule has 1 fully saturated rings. The second-order valence-electron chi connectivity index (χ2n) is 7.08. The predicted molar refractivity (Wildman–Crippen MR) is 86.8 cm³/mol. The number of imide groups is 1. The number of amides is 2. The number of carbonyl (C=O) groups excluding carboxylic acids is 4. The molecule has 0 N–H and O–H groups in total. The molecule has 0 aliphatic carbocycles. The Kier molecular flexibility index (Phi) is 4.53. The van der Waals surface area contributed by atoms with Crippen molar-refractivity contribution >= 4 is 23.8 Å². The lowest BCUT2D eigenvalue weighted by atomic mass is 10.1. The summed E-state index contributed by atoms with van der Waals surface area (Å²) in [6, 6.07) is 6.18. The van der Waals surface area contributed by atoms with Gasteiger partial charge < -0.3 is 14.3 Å². The van der Waals surface area contributed by atoms with Crippen molar-refractivity contribution in [2.75, 3.05) is 0 Å². The van der Waals surface area contributed by atoms with Crippen LogP contribution in [0, 0.1) is 0 Å². The third kappa shape index (κ3) is 3.45. The summed E-state index contributed by atoms with van der Waals surface area (Å²) < 4.78 is 10.6. The monoisotopic (exact) mass is 361 g/mol. The molecule has 3 rings (SSSR count). The molecule has 0 spiro atoms. The molecule has 138 valence electrons. The van der Waals surface area contributed by atoms with Gasteiger partial charge in [-0.3, -0.25) is 9.59 Å². The molecule has 1 saturated heterocycles. The van der Waals surface area contributed by atoms with Crippen LogP contribution in [0.2, 0.25) is 0 Å². The van der Waals surface area contributed by atoms with Crippen LogP contribution in [0.5, 0.6) is 0 Å². The fraction of sp³-hybridized carbons (Fsp3) is 0.444. The molecule has 0 saturated carbocycles. The van der Waals surface area contributed by atoms with Crippen molar-refractivity contribution < 1.29 is 33.5 Å². The van der Waals surface area contributed by atoms with Gasteiger partial charge in [-0.15, -0.1) is 0 Å². The molecule has 2 atom stereocenters. The average molecular weight is 361 g/mol. The van der Waals surface area contributed by atoms with Crippen molar-refractivity contribution in [3.05, 3.63) is 35.4 Å². The minimum Gasteiger partial charge on any atom is -0.458 e. The van der Waals surface area contributed by atoms with E-state index in [1.165, 1.54) is 12.1 Å². The summed E-state index contributed by atoms with van der Waals surface area (Å²) in [6.07, 6.45) is -1.41. The minimum atomic E-state index is -1.04. The fourth-order valence-electron chi connectivity index (χ4n) is 2.75. The highest BCUT2D eigenvalue weighted by molar-refractivity contribution is 6.20. The van der Waals surface area contributed by atoms with Gasteiger partial charge in [0.25, 0.3) is 11.8 Å². The normalized spacial score (nSPS) is 22.3. The first-order valence-electron chi connectivity index (χ1n) is 8.25. The first-order valence-corrected chi connectivity index (χ1v) is 8.25. The van der Waals surface area contributed by atoms with E-state index in [0.717, 1.165) is 0 Å². The number of esters is 1. The molecule has 8 nitrogen and oxygen atoms in total. The Morgan fingerprint density at radius 3 is 2.00 bits per heavy atom. The highest BCUT2D eigenvalue weighted by Crippen LogP contribution is 2.26. The number of benzene rings is 1. The third-order valence-corrected chi connectivity index (χ3v) is 3.89. The number of carbonyl (C=O) groups is 4. The van der Waals surface area contributed by atoms with Crippen LogP contribution < -0.4 is 0 Å². The highest BCUT2D eigenvalue weighted by atomic mass is 16.7. The van der Waals surface area contributed by atoms with Crippen LogP contribution in [-0.2, 0) is 23.9 Å². The Bertz CT molecular complexity index is 745. The molecule has 0 unspecified atom stereocenters. The van der Waals surface area contributed by atoms with E-state index in [1.54, 1.807) is 32.9 Å². The topological polar surface area (TPSA) is 99.2 Å². The molecule has 0 aromatic heterocycles. The van der Waals surface area contributed by atoms with Crippen LogP contribution in [0.1, 0.15) is 54.3 Å². The molecule has 2 aliphatic heterocycles. The van der Waals surface area contributed by atoms with Crippen molar-refractivity contribution in [2.24, 2.45) is 0 Å². The fourth-order valence-corrected chi connectivity index (χ4v) is 2.75.